The first-order chi connectivity index (χ1) is 24.9. The predicted octanol–water partition coefficient (Wildman–Crippen LogP) is 3.94. The Morgan fingerprint density at radius 1 is 1.04 bits per heavy atom. The van der Waals surface area contributed by atoms with Gasteiger partial charge in [0.2, 0.25) is 21.8 Å². The summed E-state index contributed by atoms with van der Waals surface area (Å²) in [5, 5.41) is 9.75. The summed E-state index contributed by atoms with van der Waals surface area (Å²) in [6.45, 7) is 7.79. The third kappa shape index (κ3) is 6.90. The average Bonchev–Trinajstić information content (AvgIpc) is 4.03. The van der Waals surface area contributed by atoms with Crippen molar-refractivity contribution in [3.8, 4) is 16.9 Å². The monoisotopic (exact) mass is 728 g/mol. The van der Waals surface area contributed by atoms with E-state index in [0.717, 1.165) is 22.3 Å². The van der Waals surface area contributed by atoms with Crippen LogP contribution in [0.1, 0.15) is 69.9 Å². The Hall–Kier alpha value is -4.78. The Kier molecular flexibility index (Phi) is 9.58. The van der Waals surface area contributed by atoms with Gasteiger partial charge in [0.15, 0.2) is 5.78 Å². The molecular weight excluding hydrogens is 685 g/mol. The number of nitrogens with one attached hydrogen (secondary N) is 3. The molecule has 6 atom stereocenters. The number of sulfonamides is 1. The van der Waals surface area contributed by atoms with Gasteiger partial charge in [-0.3, -0.25) is 23.9 Å². The number of amides is 3. The van der Waals surface area contributed by atoms with E-state index in [-0.39, 0.29) is 37.4 Å². The molecule has 52 heavy (non-hydrogen) atoms. The van der Waals surface area contributed by atoms with Crippen molar-refractivity contribution in [3.63, 3.8) is 0 Å². The van der Waals surface area contributed by atoms with E-state index in [0.29, 0.717) is 37.3 Å². The molecule has 0 unspecified atom stereocenters. The molecule has 0 saturated heterocycles. The molecule has 12 nitrogen and oxygen atoms in total. The minimum atomic E-state index is -3.87. The van der Waals surface area contributed by atoms with Gasteiger partial charge in [-0.1, -0.05) is 61.5 Å². The summed E-state index contributed by atoms with van der Waals surface area (Å²) in [7, 11) is -3.87. The quantitative estimate of drug-likeness (QED) is 0.308. The molecule has 0 radical (unpaired) electrons. The number of ketones is 1. The fraction of sp³-hybridized carbons (Fsp3) is 0.462. The Morgan fingerprint density at radius 3 is 2.50 bits per heavy atom. The molecule has 7 rings (SSSR count). The van der Waals surface area contributed by atoms with Crippen molar-refractivity contribution in [1.82, 2.24) is 15.4 Å². The van der Waals surface area contributed by atoms with E-state index in [1.807, 2.05) is 68.5 Å². The molecular formula is C39H44N4O8S. The Labute approximate surface area is 303 Å². The standard InChI is InChI=1S/C39H44N4O8S/c1-4-23-21-39(23,38(47)43-52(48,49)26-14-15-26)41-37(46)32-20-25-19-31(32)36(45)40-34(22(2)3)33(44)12-6-5-9-17-50-24-13-16-28-27-10-7-8-11-29(27)35(42-51-25)30(28)18-24/h4-5,7-11,13,16,18,22-23,25-26,31-32,34H,1,6,12,14-15,17,19-21H2,2-3H3,(H,40,45)(H,41,46)(H,43,47)/b9-5+,42-35-/t23-,25-,31+,32+,34+,39+/m0/s1. The van der Waals surface area contributed by atoms with E-state index in [9.17, 15) is 27.6 Å². The van der Waals surface area contributed by atoms with Crippen LogP contribution >= 0.6 is 0 Å². The van der Waals surface area contributed by atoms with E-state index in [2.05, 4.69) is 27.1 Å². The van der Waals surface area contributed by atoms with Crippen molar-refractivity contribution in [2.24, 2.45) is 28.8 Å². The highest BCUT2D eigenvalue weighted by Crippen LogP contribution is 2.46. The first kappa shape index (κ1) is 35.6. The number of fused-ring (bicyclic) bond motifs is 6. The average molecular weight is 729 g/mol. The van der Waals surface area contributed by atoms with Crippen LogP contribution in [0.5, 0.6) is 5.75 Å². The molecule has 3 N–H and O–H groups in total. The van der Waals surface area contributed by atoms with Gasteiger partial charge >= 0.3 is 0 Å². The van der Waals surface area contributed by atoms with E-state index in [1.165, 1.54) is 6.08 Å². The first-order valence-electron chi connectivity index (χ1n) is 18.0. The maximum atomic E-state index is 14.2. The maximum Gasteiger partial charge on any atom is 0.259 e. The van der Waals surface area contributed by atoms with Crippen molar-refractivity contribution in [3.05, 3.63) is 78.4 Å². The minimum Gasteiger partial charge on any atom is -0.490 e. The number of ether oxygens (including phenoxy) is 1. The van der Waals surface area contributed by atoms with Crippen LogP contribution in [0.3, 0.4) is 0 Å². The van der Waals surface area contributed by atoms with Crippen LogP contribution in [0, 0.1) is 23.7 Å². The van der Waals surface area contributed by atoms with Crippen LogP contribution in [0.2, 0.25) is 0 Å². The summed E-state index contributed by atoms with van der Waals surface area (Å²) in [5.74, 6) is -3.93. The molecule has 0 spiro atoms. The maximum absolute atomic E-state index is 14.2. The van der Waals surface area contributed by atoms with E-state index in [4.69, 9.17) is 9.57 Å². The van der Waals surface area contributed by atoms with Gasteiger partial charge in [0.1, 0.15) is 29.7 Å². The summed E-state index contributed by atoms with van der Waals surface area (Å²) < 4.78 is 33.5. The number of Topliss-reactive ketones (excluding diaryl/α,β-unsaturated/α-hetero) is 1. The van der Waals surface area contributed by atoms with Crippen molar-refractivity contribution in [2.75, 3.05) is 6.61 Å². The van der Waals surface area contributed by atoms with Crippen LogP contribution < -0.4 is 20.1 Å². The smallest absolute Gasteiger partial charge is 0.259 e. The second kappa shape index (κ2) is 14.0. The molecule has 5 aliphatic rings. The minimum absolute atomic E-state index is 0.0975. The fourth-order valence-electron chi connectivity index (χ4n) is 7.61. The number of carbonyl (C=O) groups excluding carboxylic acids is 4. The van der Waals surface area contributed by atoms with Crippen molar-refractivity contribution in [1.29, 1.82) is 0 Å². The van der Waals surface area contributed by atoms with E-state index >= 15 is 0 Å². The zero-order valence-electron chi connectivity index (χ0n) is 29.3. The summed E-state index contributed by atoms with van der Waals surface area (Å²) >= 11 is 0. The zero-order chi connectivity index (χ0) is 36.8. The number of oxime groups is 1. The number of benzene rings is 2. The third-order valence-corrected chi connectivity index (χ3v) is 12.7. The van der Waals surface area contributed by atoms with Gasteiger partial charge < -0.3 is 20.2 Å². The van der Waals surface area contributed by atoms with E-state index in [1.54, 1.807) is 0 Å². The van der Waals surface area contributed by atoms with Crippen LogP contribution in [0.25, 0.3) is 11.1 Å². The van der Waals surface area contributed by atoms with Crippen molar-refractivity contribution < 1.29 is 37.2 Å². The third-order valence-electron chi connectivity index (χ3n) is 10.8. The molecule has 2 aromatic rings. The van der Waals surface area contributed by atoms with Gasteiger partial charge in [-0.25, -0.2) is 8.42 Å². The molecule has 3 fully saturated rings. The van der Waals surface area contributed by atoms with Crippen LogP contribution in [-0.2, 0) is 34.0 Å². The Morgan fingerprint density at radius 2 is 1.79 bits per heavy atom. The molecule has 2 aromatic carbocycles. The lowest BCUT2D eigenvalue weighted by Crippen LogP contribution is -2.55. The van der Waals surface area contributed by atoms with Crippen molar-refractivity contribution in [2.45, 2.75) is 81.7 Å². The van der Waals surface area contributed by atoms with Gasteiger partial charge in [-0.2, -0.15) is 0 Å². The molecule has 1 heterocycles. The van der Waals surface area contributed by atoms with Gasteiger partial charge in [0, 0.05) is 23.5 Å². The van der Waals surface area contributed by atoms with E-state index < -0.39 is 68.4 Å². The van der Waals surface area contributed by atoms with Crippen LogP contribution in [0.4, 0.5) is 0 Å². The fourth-order valence-corrected chi connectivity index (χ4v) is 8.98. The van der Waals surface area contributed by atoms with Crippen molar-refractivity contribution >= 4 is 39.2 Å². The SMILES string of the molecule is C=C[C@H]1C[C@]1(NC(=O)[C@@H]1C[C@@H]2C[C@H]1C(=O)N[C@H](C(C)C)C(=O)CC/C=C/COc1ccc3c(c1)/C(=N\O2)c1ccccc1-3)C(=O)NS(=O)(=O)C1CC1. The lowest BCUT2D eigenvalue weighted by molar-refractivity contribution is -0.137. The van der Waals surface area contributed by atoms with Gasteiger partial charge in [0.25, 0.3) is 5.91 Å². The first-order valence-corrected chi connectivity index (χ1v) is 19.6. The molecule has 3 amide bonds. The second-order valence-electron chi connectivity index (χ2n) is 14.8. The summed E-state index contributed by atoms with van der Waals surface area (Å²) in [5.41, 5.74) is 2.76. The lowest BCUT2D eigenvalue weighted by Gasteiger charge is -2.26. The summed E-state index contributed by atoms with van der Waals surface area (Å²) in [6, 6.07) is 12.9. The highest BCUT2D eigenvalue weighted by molar-refractivity contribution is 7.91. The molecule has 0 aromatic heterocycles. The number of hydrogen-bond acceptors (Lipinski definition) is 9. The second-order valence-corrected chi connectivity index (χ2v) is 16.8. The topological polar surface area (TPSA) is 169 Å². The largest absolute Gasteiger partial charge is 0.490 e. The Balaban J connectivity index is 1.20. The molecule has 4 bridgehead atoms. The number of allylic oxidation sites excluding steroid dienone is 1. The highest BCUT2D eigenvalue weighted by Gasteiger charge is 2.62. The molecule has 1 aliphatic heterocycles. The van der Waals surface area contributed by atoms with Crippen LogP contribution in [0.15, 0.2) is 72.4 Å². The molecule has 13 heteroatoms. The Bertz CT molecular complexity index is 1990. The van der Waals surface area contributed by atoms with Gasteiger partial charge in [-0.15, -0.1) is 6.58 Å². The van der Waals surface area contributed by atoms with Gasteiger partial charge in [-0.05, 0) is 73.8 Å². The number of nitrogens with zero attached hydrogens (tertiary/aromatic N) is 1. The molecule has 3 saturated carbocycles. The lowest BCUT2D eigenvalue weighted by atomic mass is 9.91. The number of carbonyl (C=O) groups is 4. The summed E-state index contributed by atoms with van der Waals surface area (Å²) in [6.07, 6.45) is 6.61. The molecule has 4 aliphatic carbocycles. The van der Waals surface area contributed by atoms with Crippen LogP contribution in [-0.4, -0.2) is 67.2 Å². The summed E-state index contributed by atoms with van der Waals surface area (Å²) in [4.78, 5) is 61.2. The predicted molar refractivity (Wildman–Crippen MR) is 194 cm³/mol. The highest BCUT2D eigenvalue weighted by atomic mass is 32.2. The van der Waals surface area contributed by atoms with Gasteiger partial charge in [0.05, 0.1) is 23.1 Å². The normalized spacial score (nSPS) is 30.1. The molecule has 274 valence electrons. The number of hydrogen-bond donors (Lipinski definition) is 3. The number of rotatable bonds is 7. The zero-order valence-corrected chi connectivity index (χ0v) is 30.1.